The van der Waals surface area contributed by atoms with Crippen LogP contribution in [0, 0.1) is 6.92 Å². The third kappa shape index (κ3) is 1.70. The van der Waals surface area contributed by atoms with Crippen LogP contribution in [-0.2, 0) is 0 Å². The maximum absolute atomic E-state index is 12.7. The van der Waals surface area contributed by atoms with Gasteiger partial charge in [-0.2, -0.15) is 4.68 Å². The minimum atomic E-state index is -0.387. The minimum absolute atomic E-state index is 0.0873. The highest BCUT2D eigenvalue weighted by atomic mass is 16.2. The van der Waals surface area contributed by atoms with Crippen LogP contribution in [0.1, 0.15) is 5.56 Å². The van der Waals surface area contributed by atoms with E-state index in [1.807, 2.05) is 25.1 Å². The Morgan fingerprint density at radius 3 is 2.50 bits per heavy atom. The summed E-state index contributed by atoms with van der Waals surface area (Å²) in [6, 6.07) is 14.6. The Balaban J connectivity index is 2.15. The third-order valence-electron chi connectivity index (χ3n) is 3.65. The Labute approximate surface area is 124 Å². The fourth-order valence-electron chi connectivity index (χ4n) is 2.54. The highest BCUT2D eigenvalue weighted by Gasteiger charge is 2.14. The average molecular weight is 292 g/mol. The van der Waals surface area contributed by atoms with E-state index in [4.69, 9.17) is 0 Å². The number of aromatic nitrogens is 4. The molecular formula is C16H12N4O2. The Morgan fingerprint density at radius 2 is 1.73 bits per heavy atom. The van der Waals surface area contributed by atoms with Gasteiger partial charge >= 0.3 is 5.69 Å². The van der Waals surface area contributed by atoms with E-state index in [0.717, 1.165) is 5.56 Å². The van der Waals surface area contributed by atoms with Gasteiger partial charge in [-0.1, -0.05) is 29.8 Å². The summed E-state index contributed by atoms with van der Waals surface area (Å²) in [4.78, 5) is 27.6. The minimum Gasteiger partial charge on any atom is -0.317 e. The number of hydrogen-bond donors (Lipinski definition) is 1. The topological polar surface area (TPSA) is 72.2 Å². The van der Waals surface area contributed by atoms with Crippen LogP contribution >= 0.6 is 0 Å². The molecule has 0 bridgehead atoms. The van der Waals surface area contributed by atoms with Gasteiger partial charge in [0, 0.05) is 0 Å². The molecule has 2 aromatic heterocycles. The van der Waals surface area contributed by atoms with E-state index in [9.17, 15) is 9.59 Å². The molecule has 0 spiro atoms. The summed E-state index contributed by atoms with van der Waals surface area (Å²) in [6.45, 7) is 1.97. The number of benzene rings is 2. The molecular weight excluding hydrogens is 280 g/mol. The zero-order valence-electron chi connectivity index (χ0n) is 11.8. The van der Waals surface area contributed by atoms with E-state index in [1.165, 1.54) is 9.08 Å². The van der Waals surface area contributed by atoms with Crippen molar-refractivity contribution >= 4 is 16.7 Å². The molecule has 0 fully saturated rings. The van der Waals surface area contributed by atoms with Crippen molar-refractivity contribution in [1.29, 1.82) is 0 Å². The lowest BCUT2D eigenvalue weighted by atomic mass is 10.2. The van der Waals surface area contributed by atoms with Gasteiger partial charge in [-0.15, -0.1) is 5.10 Å². The van der Waals surface area contributed by atoms with E-state index in [-0.39, 0.29) is 16.9 Å². The molecule has 1 N–H and O–H groups in total. The molecule has 0 saturated heterocycles. The normalized spacial score (nSPS) is 11.3. The van der Waals surface area contributed by atoms with Gasteiger partial charge in [-0.25, -0.2) is 9.20 Å². The van der Waals surface area contributed by atoms with Crippen molar-refractivity contribution in [3.63, 3.8) is 0 Å². The molecule has 2 heterocycles. The molecule has 2 aromatic carbocycles. The van der Waals surface area contributed by atoms with Crippen molar-refractivity contribution in [2.45, 2.75) is 6.92 Å². The van der Waals surface area contributed by atoms with Crippen LogP contribution in [-0.4, -0.2) is 19.2 Å². The molecule has 4 aromatic rings. The fraction of sp³-hybridized carbons (Fsp3) is 0.0625. The molecule has 0 atom stereocenters. The van der Waals surface area contributed by atoms with Crippen LogP contribution < -0.4 is 11.2 Å². The van der Waals surface area contributed by atoms with Crippen LogP contribution in [0.25, 0.3) is 22.4 Å². The van der Waals surface area contributed by atoms with E-state index in [1.54, 1.807) is 30.3 Å². The third-order valence-corrected chi connectivity index (χ3v) is 3.65. The smallest absolute Gasteiger partial charge is 0.317 e. The molecule has 22 heavy (non-hydrogen) atoms. The van der Waals surface area contributed by atoms with Gasteiger partial charge in [0.05, 0.1) is 16.7 Å². The van der Waals surface area contributed by atoms with Crippen molar-refractivity contribution in [2.75, 3.05) is 0 Å². The molecule has 0 amide bonds. The highest BCUT2D eigenvalue weighted by molar-refractivity contribution is 5.76. The van der Waals surface area contributed by atoms with Crippen LogP contribution in [0.15, 0.2) is 58.1 Å². The molecule has 0 radical (unpaired) electrons. The zero-order chi connectivity index (χ0) is 15.3. The first kappa shape index (κ1) is 12.6. The first-order valence-electron chi connectivity index (χ1n) is 6.85. The Hall–Kier alpha value is -3.15. The summed E-state index contributed by atoms with van der Waals surface area (Å²) in [5, 5.41) is 4.19. The molecule has 6 nitrogen and oxygen atoms in total. The standard InChI is InChI=1S/C16H12N4O2/c1-10-6-8-11(9-7-10)20-16(22)19-13-5-3-2-4-12(13)17-15(21)14(19)18-20/h2-9H,1H3,(H,17,21). The maximum Gasteiger partial charge on any atom is 0.355 e. The number of fused-ring (bicyclic) bond motifs is 3. The summed E-state index contributed by atoms with van der Waals surface area (Å²) in [7, 11) is 0. The predicted octanol–water partition coefficient (Wildman–Crippen LogP) is 1.64. The number of hydrogen-bond acceptors (Lipinski definition) is 3. The van der Waals surface area contributed by atoms with Gasteiger partial charge < -0.3 is 4.98 Å². The predicted molar refractivity (Wildman–Crippen MR) is 83.7 cm³/mol. The Bertz CT molecular complexity index is 1120. The molecule has 0 aliphatic rings. The quantitative estimate of drug-likeness (QED) is 0.579. The summed E-state index contributed by atoms with van der Waals surface area (Å²) < 4.78 is 2.59. The number of rotatable bonds is 1. The molecule has 6 heteroatoms. The Kier molecular flexibility index (Phi) is 2.53. The number of aryl methyl sites for hydroxylation is 1. The first-order chi connectivity index (χ1) is 10.6. The fourth-order valence-corrected chi connectivity index (χ4v) is 2.54. The van der Waals surface area contributed by atoms with Gasteiger partial charge in [0.15, 0.2) is 0 Å². The number of nitrogens with zero attached hydrogens (tertiary/aromatic N) is 3. The summed E-state index contributed by atoms with van der Waals surface area (Å²) in [6.07, 6.45) is 0. The maximum atomic E-state index is 12.7. The number of nitrogens with one attached hydrogen (secondary N) is 1. The summed E-state index contributed by atoms with van der Waals surface area (Å²) in [5.74, 6) is 0. The Morgan fingerprint density at radius 1 is 1.00 bits per heavy atom. The van der Waals surface area contributed by atoms with Crippen molar-refractivity contribution in [3.8, 4) is 5.69 Å². The van der Waals surface area contributed by atoms with Crippen LogP contribution in [0.4, 0.5) is 0 Å². The van der Waals surface area contributed by atoms with Crippen LogP contribution in [0.5, 0.6) is 0 Å². The zero-order valence-corrected chi connectivity index (χ0v) is 11.8. The van der Waals surface area contributed by atoms with E-state index >= 15 is 0 Å². The van der Waals surface area contributed by atoms with Crippen molar-refractivity contribution in [1.82, 2.24) is 19.2 Å². The monoisotopic (exact) mass is 292 g/mol. The highest BCUT2D eigenvalue weighted by Crippen LogP contribution is 2.11. The molecule has 0 aliphatic heterocycles. The lowest BCUT2D eigenvalue weighted by molar-refractivity contribution is 0.842. The van der Waals surface area contributed by atoms with Crippen molar-refractivity contribution < 1.29 is 0 Å². The molecule has 4 rings (SSSR count). The van der Waals surface area contributed by atoms with Crippen LogP contribution in [0.2, 0.25) is 0 Å². The lowest BCUT2D eigenvalue weighted by Gasteiger charge is -1.99. The van der Waals surface area contributed by atoms with Crippen LogP contribution in [0.3, 0.4) is 0 Å². The average Bonchev–Trinajstić information content (AvgIpc) is 2.87. The largest absolute Gasteiger partial charge is 0.355 e. The van der Waals surface area contributed by atoms with Gasteiger partial charge in [-0.3, -0.25) is 4.79 Å². The molecule has 0 aliphatic carbocycles. The van der Waals surface area contributed by atoms with Gasteiger partial charge in [-0.05, 0) is 31.2 Å². The molecule has 0 unspecified atom stereocenters. The van der Waals surface area contributed by atoms with E-state index in [0.29, 0.717) is 16.7 Å². The van der Waals surface area contributed by atoms with Gasteiger partial charge in [0.25, 0.3) is 5.56 Å². The second kappa shape index (κ2) is 4.42. The summed E-state index contributed by atoms with van der Waals surface area (Å²) in [5.41, 5.74) is 2.28. The second-order valence-corrected chi connectivity index (χ2v) is 5.16. The second-order valence-electron chi connectivity index (χ2n) is 5.16. The summed E-state index contributed by atoms with van der Waals surface area (Å²) >= 11 is 0. The van der Waals surface area contributed by atoms with Gasteiger partial charge in [0.2, 0.25) is 5.65 Å². The van der Waals surface area contributed by atoms with Crippen molar-refractivity contribution in [2.24, 2.45) is 0 Å². The SMILES string of the molecule is Cc1ccc(-n2nc3c(=O)[nH]c4ccccc4n3c2=O)cc1. The van der Waals surface area contributed by atoms with E-state index in [2.05, 4.69) is 10.1 Å². The first-order valence-corrected chi connectivity index (χ1v) is 6.85. The van der Waals surface area contributed by atoms with Crippen molar-refractivity contribution in [3.05, 3.63) is 74.9 Å². The number of H-pyrrole nitrogens is 1. The van der Waals surface area contributed by atoms with E-state index < -0.39 is 0 Å². The van der Waals surface area contributed by atoms with Gasteiger partial charge in [0.1, 0.15) is 0 Å². The number of aromatic amines is 1. The molecule has 108 valence electrons. The molecule has 0 saturated carbocycles. The lowest BCUT2D eigenvalue weighted by Crippen LogP contribution is -2.21. The number of para-hydroxylation sites is 2.